The van der Waals surface area contributed by atoms with Crippen molar-refractivity contribution in [2.24, 2.45) is 11.8 Å². The van der Waals surface area contributed by atoms with Crippen LogP contribution in [0.2, 0.25) is 0 Å². The van der Waals surface area contributed by atoms with E-state index < -0.39 is 0 Å². The molecule has 0 aromatic rings. The average molecular weight is 276 g/mol. The van der Waals surface area contributed by atoms with Gasteiger partial charge < -0.3 is 0 Å². The van der Waals surface area contributed by atoms with Crippen LogP contribution in [0.1, 0.15) is 58.8 Å². The zero-order valence-electron chi connectivity index (χ0n) is 12.8. The molecule has 0 saturated carbocycles. The first-order chi connectivity index (χ1) is 9.80. The van der Waals surface area contributed by atoms with Gasteiger partial charge in [-0.15, -0.1) is 0 Å². The Morgan fingerprint density at radius 2 is 1.75 bits per heavy atom. The fourth-order valence-corrected chi connectivity index (χ4v) is 3.88. The molecule has 3 atom stereocenters. The molecule has 0 aromatic carbocycles. The second-order valence-corrected chi connectivity index (χ2v) is 5.98. The van der Waals surface area contributed by atoms with Crippen molar-refractivity contribution in [1.29, 1.82) is 0 Å². The summed E-state index contributed by atoms with van der Waals surface area (Å²) in [5.74, 6) is 1.28. The zero-order valence-corrected chi connectivity index (χ0v) is 12.8. The van der Waals surface area contributed by atoms with E-state index in [0.717, 1.165) is 31.6 Å². The molecule has 112 valence electrons. The quantitative estimate of drug-likeness (QED) is 0.420. The molecule has 0 heterocycles. The minimum absolute atomic E-state index is 0.125. The topological polar surface area (TPSA) is 29.5 Å². The van der Waals surface area contributed by atoms with Crippen LogP contribution in [-0.4, -0.2) is 11.4 Å². The van der Waals surface area contributed by atoms with Gasteiger partial charge >= 0.3 is 0 Å². The van der Waals surface area contributed by atoms with Crippen LogP contribution in [0.4, 0.5) is 0 Å². The van der Waals surface area contributed by atoms with Crippen LogP contribution in [0.15, 0.2) is 35.5 Å². The van der Waals surface area contributed by atoms with Gasteiger partial charge in [0.05, 0.1) is 0 Å². The molecule has 0 aliphatic heterocycles. The van der Waals surface area contributed by atoms with Gasteiger partial charge in [0.1, 0.15) is 6.10 Å². The third-order valence-electron chi connectivity index (χ3n) is 4.85. The van der Waals surface area contributed by atoms with E-state index in [1.165, 1.54) is 19.3 Å². The Morgan fingerprint density at radius 1 is 1.05 bits per heavy atom. The molecule has 20 heavy (non-hydrogen) atoms. The number of hydrogen-bond donors (Lipinski definition) is 1. The lowest BCUT2D eigenvalue weighted by Crippen LogP contribution is -2.21. The Balaban J connectivity index is 2.20. The van der Waals surface area contributed by atoms with E-state index >= 15 is 0 Å². The van der Waals surface area contributed by atoms with Gasteiger partial charge in [0.2, 0.25) is 0 Å². The molecular formula is C18H28O2. The summed E-state index contributed by atoms with van der Waals surface area (Å²) in [5, 5.41) is 8.93. The van der Waals surface area contributed by atoms with Crippen LogP contribution in [0.3, 0.4) is 0 Å². The first-order valence-electron chi connectivity index (χ1n) is 8.13. The highest BCUT2D eigenvalue weighted by atomic mass is 17.1. The molecule has 2 aliphatic carbocycles. The largest absolute Gasteiger partial charge is 0.251 e. The van der Waals surface area contributed by atoms with E-state index in [0.29, 0.717) is 5.92 Å². The number of allylic oxidation sites excluding steroid dienone is 5. The molecule has 3 unspecified atom stereocenters. The van der Waals surface area contributed by atoms with Gasteiger partial charge in [-0.3, -0.25) is 5.26 Å². The maximum absolute atomic E-state index is 8.93. The monoisotopic (exact) mass is 276 g/mol. The summed E-state index contributed by atoms with van der Waals surface area (Å²) in [4.78, 5) is 4.55. The summed E-state index contributed by atoms with van der Waals surface area (Å²) >= 11 is 0. The van der Waals surface area contributed by atoms with Crippen molar-refractivity contribution >= 4 is 0 Å². The van der Waals surface area contributed by atoms with E-state index in [1.807, 2.05) is 6.08 Å². The van der Waals surface area contributed by atoms with Crippen molar-refractivity contribution in [2.45, 2.75) is 64.9 Å². The van der Waals surface area contributed by atoms with Crippen molar-refractivity contribution in [3.63, 3.8) is 0 Å². The molecule has 0 aromatic heterocycles. The van der Waals surface area contributed by atoms with Gasteiger partial charge in [-0.05, 0) is 56.8 Å². The molecule has 1 N–H and O–H groups in total. The SMILES string of the molecule is CCC(=C(CC)C1CC=CC(OO)C1)C1CC=CCC1. The van der Waals surface area contributed by atoms with E-state index in [-0.39, 0.29) is 6.10 Å². The maximum Gasteiger partial charge on any atom is 0.111 e. The fourth-order valence-electron chi connectivity index (χ4n) is 3.88. The molecule has 0 radical (unpaired) electrons. The van der Waals surface area contributed by atoms with Gasteiger partial charge in [0.15, 0.2) is 0 Å². The predicted octanol–water partition coefficient (Wildman–Crippen LogP) is 5.28. The summed E-state index contributed by atoms with van der Waals surface area (Å²) in [5.41, 5.74) is 3.30. The minimum Gasteiger partial charge on any atom is -0.251 e. The Kier molecular flexibility index (Phi) is 6.06. The molecule has 2 nitrogen and oxygen atoms in total. The summed E-state index contributed by atoms with van der Waals surface area (Å²) in [6.45, 7) is 4.57. The van der Waals surface area contributed by atoms with Crippen LogP contribution in [0.5, 0.6) is 0 Å². The van der Waals surface area contributed by atoms with Crippen LogP contribution in [-0.2, 0) is 4.89 Å². The molecule has 2 aliphatic rings. The number of hydrogen-bond acceptors (Lipinski definition) is 2. The highest BCUT2D eigenvalue weighted by Crippen LogP contribution is 2.37. The van der Waals surface area contributed by atoms with E-state index in [1.54, 1.807) is 11.1 Å². The summed E-state index contributed by atoms with van der Waals surface area (Å²) < 4.78 is 0. The smallest absolute Gasteiger partial charge is 0.111 e. The Labute approximate surface area is 123 Å². The van der Waals surface area contributed by atoms with Crippen LogP contribution >= 0.6 is 0 Å². The summed E-state index contributed by atoms with van der Waals surface area (Å²) in [7, 11) is 0. The van der Waals surface area contributed by atoms with Crippen LogP contribution in [0.25, 0.3) is 0 Å². The van der Waals surface area contributed by atoms with Gasteiger partial charge in [0.25, 0.3) is 0 Å². The van der Waals surface area contributed by atoms with Crippen LogP contribution < -0.4 is 0 Å². The van der Waals surface area contributed by atoms with Gasteiger partial charge in [-0.2, -0.15) is 0 Å². The summed E-state index contributed by atoms with van der Waals surface area (Å²) in [6.07, 6.45) is 16.7. The normalized spacial score (nSPS) is 31.2. The molecular weight excluding hydrogens is 248 g/mol. The lowest BCUT2D eigenvalue weighted by molar-refractivity contribution is -0.269. The lowest BCUT2D eigenvalue weighted by Gasteiger charge is -2.31. The molecule has 0 fully saturated rings. The van der Waals surface area contributed by atoms with Crippen molar-refractivity contribution in [2.75, 3.05) is 0 Å². The van der Waals surface area contributed by atoms with Gasteiger partial charge in [-0.25, -0.2) is 4.89 Å². The maximum atomic E-state index is 8.93. The van der Waals surface area contributed by atoms with Gasteiger partial charge in [-0.1, -0.05) is 49.3 Å². The molecule has 2 rings (SSSR count). The first-order valence-corrected chi connectivity index (χ1v) is 8.13. The minimum atomic E-state index is -0.125. The van der Waals surface area contributed by atoms with Crippen molar-refractivity contribution in [1.82, 2.24) is 0 Å². The second-order valence-electron chi connectivity index (χ2n) is 5.98. The molecule has 0 bridgehead atoms. The van der Waals surface area contributed by atoms with Crippen LogP contribution in [0, 0.1) is 11.8 Å². The molecule has 2 heteroatoms. The van der Waals surface area contributed by atoms with Gasteiger partial charge in [0, 0.05) is 0 Å². The van der Waals surface area contributed by atoms with Crippen molar-refractivity contribution in [3.05, 3.63) is 35.5 Å². The van der Waals surface area contributed by atoms with E-state index in [9.17, 15) is 0 Å². The third kappa shape index (κ3) is 3.62. The Morgan fingerprint density at radius 3 is 2.35 bits per heavy atom. The van der Waals surface area contributed by atoms with Crippen molar-refractivity contribution < 1.29 is 10.1 Å². The van der Waals surface area contributed by atoms with Crippen molar-refractivity contribution in [3.8, 4) is 0 Å². The molecule has 0 saturated heterocycles. The molecule has 0 amide bonds. The highest BCUT2D eigenvalue weighted by Gasteiger charge is 2.25. The van der Waals surface area contributed by atoms with E-state index in [2.05, 4.69) is 37.0 Å². The average Bonchev–Trinajstić information content (AvgIpc) is 2.53. The van der Waals surface area contributed by atoms with E-state index in [4.69, 9.17) is 5.26 Å². The third-order valence-corrected chi connectivity index (χ3v) is 4.85. The second kappa shape index (κ2) is 7.80. The predicted molar refractivity (Wildman–Crippen MR) is 83.5 cm³/mol. The fraction of sp³-hybridized carbons (Fsp3) is 0.667. The standard InChI is InChI=1S/C18H28O2/c1-3-17(14-9-6-5-7-10-14)18(4-2)15-11-8-12-16(13-15)20-19/h5-6,8,12,14-16,19H,3-4,7,9-11,13H2,1-2H3. The Bertz CT molecular complexity index is 392. The first kappa shape index (κ1) is 15.5. The lowest BCUT2D eigenvalue weighted by atomic mass is 9.76. The summed E-state index contributed by atoms with van der Waals surface area (Å²) in [6, 6.07) is 0. The highest BCUT2D eigenvalue weighted by molar-refractivity contribution is 5.23. The zero-order chi connectivity index (χ0) is 14.4. The number of rotatable bonds is 5. The molecule has 0 spiro atoms. The Hall–Kier alpha value is -0.860.